The zero-order chi connectivity index (χ0) is 10.5. The van der Waals surface area contributed by atoms with Crippen LogP contribution in [-0.4, -0.2) is 46.7 Å². The normalized spacial score (nSPS) is 47.8. The Balaban J connectivity index is 2.15. The van der Waals surface area contributed by atoms with Gasteiger partial charge in [-0.3, -0.25) is 0 Å². The highest BCUT2D eigenvalue weighted by Crippen LogP contribution is 2.38. The standard InChI is InChI=1S/C9H16O5/c1-4(10)5-6-7(8(11)12-5)14-9(2,3)13-6/h4-8,10-11H,1-3H3/t4-,5-,6+,7+,8?/m1/s1. The summed E-state index contributed by atoms with van der Waals surface area (Å²) in [5.74, 6) is -0.715. The van der Waals surface area contributed by atoms with Crippen LogP contribution in [0.5, 0.6) is 0 Å². The monoisotopic (exact) mass is 204 g/mol. The molecule has 2 heterocycles. The van der Waals surface area contributed by atoms with E-state index in [-0.39, 0.29) is 6.10 Å². The molecule has 0 aromatic heterocycles. The Bertz CT molecular complexity index is 225. The first-order valence-corrected chi connectivity index (χ1v) is 4.78. The van der Waals surface area contributed by atoms with Gasteiger partial charge in [0.25, 0.3) is 0 Å². The molecule has 0 amide bonds. The third-order valence-corrected chi connectivity index (χ3v) is 2.54. The molecule has 2 aliphatic rings. The average molecular weight is 204 g/mol. The zero-order valence-electron chi connectivity index (χ0n) is 8.51. The van der Waals surface area contributed by atoms with E-state index in [2.05, 4.69) is 0 Å². The van der Waals surface area contributed by atoms with Gasteiger partial charge in [0, 0.05) is 0 Å². The third kappa shape index (κ3) is 1.55. The van der Waals surface area contributed by atoms with Gasteiger partial charge in [0.1, 0.15) is 18.3 Å². The van der Waals surface area contributed by atoms with Crippen molar-refractivity contribution >= 4 is 0 Å². The molecule has 0 aromatic rings. The highest BCUT2D eigenvalue weighted by atomic mass is 16.8. The molecule has 82 valence electrons. The van der Waals surface area contributed by atoms with Crippen molar-refractivity contribution in [1.29, 1.82) is 0 Å². The molecule has 0 radical (unpaired) electrons. The molecule has 0 aliphatic carbocycles. The molecule has 5 heteroatoms. The molecule has 0 bridgehead atoms. The lowest BCUT2D eigenvalue weighted by Gasteiger charge is -2.23. The van der Waals surface area contributed by atoms with Crippen molar-refractivity contribution in [2.24, 2.45) is 0 Å². The van der Waals surface area contributed by atoms with E-state index in [0.29, 0.717) is 0 Å². The Kier molecular flexibility index (Phi) is 2.32. The summed E-state index contributed by atoms with van der Waals surface area (Å²) < 4.78 is 16.1. The van der Waals surface area contributed by atoms with Crippen molar-refractivity contribution in [2.75, 3.05) is 0 Å². The van der Waals surface area contributed by atoms with E-state index in [1.54, 1.807) is 20.8 Å². The maximum Gasteiger partial charge on any atom is 0.184 e. The van der Waals surface area contributed by atoms with Gasteiger partial charge < -0.3 is 24.4 Å². The fraction of sp³-hybridized carbons (Fsp3) is 1.00. The number of ether oxygens (including phenoxy) is 3. The minimum absolute atomic E-state index is 0.389. The number of aliphatic hydroxyl groups is 2. The van der Waals surface area contributed by atoms with E-state index in [0.717, 1.165) is 0 Å². The van der Waals surface area contributed by atoms with Crippen LogP contribution in [0.3, 0.4) is 0 Å². The molecule has 0 aromatic carbocycles. The molecule has 2 saturated heterocycles. The molecule has 2 fully saturated rings. The van der Waals surface area contributed by atoms with Gasteiger partial charge in [-0.15, -0.1) is 0 Å². The summed E-state index contributed by atoms with van der Waals surface area (Å²) in [7, 11) is 0. The summed E-state index contributed by atoms with van der Waals surface area (Å²) in [6.07, 6.45) is -3.10. The summed E-state index contributed by atoms with van der Waals surface area (Å²) in [5, 5.41) is 18.9. The quantitative estimate of drug-likeness (QED) is 0.608. The second kappa shape index (κ2) is 3.15. The highest BCUT2D eigenvalue weighted by molar-refractivity contribution is 4.96. The van der Waals surface area contributed by atoms with E-state index >= 15 is 0 Å². The van der Waals surface area contributed by atoms with Gasteiger partial charge in [-0.05, 0) is 20.8 Å². The van der Waals surface area contributed by atoms with E-state index in [1.165, 1.54) is 0 Å². The van der Waals surface area contributed by atoms with Crippen molar-refractivity contribution < 1.29 is 24.4 Å². The Morgan fingerprint density at radius 3 is 2.36 bits per heavy atom. The van der Waals surface area contributed by atoms with Crippen molar-refractivity contribution in [3.63, 3.8) is 0 Å². The van der Waals surface area contributed by atoms with Gasteiger partial charge in [0.05, 0.1) is 6.10 Å². The smallest absolute Gasteiger partial charge is 0.184 e. The molecular formula is C9H16O5. The fourth-order valence-corrected chi connectivity index (χ4v) is 2.00. The number of hydrogen-bond donors (Lipinski definition) is 2. The van der Waals surface area contributed by atoms with Crippen LogP contribution in [0.15, 0.2) is 0 Å². The van der Waals surface area contributed by atoms with Gasteiger partial charge in [0.2, 0.25) is 0 Å². The Labute approximate surface area is 82.6 Å². The van der Waals surface area contributed by atoms with E-state index in [1.807, 2.05) is 0 Å². The summed E-state index contributed by atoms with van der Waals surface area (Å²) in [4.78, 5) is 0. The Morgan fingerprint density at radius 1 is 1.21 bits per heavy atom. The SMILES string of the molecule is C[C@@H](O)[C@H]1OC(O)[C@H]2OC(C)(C)O[C@@H]12. The molecule has 0 saturated carbocycles. The number of fused-ring (bicyclic) bond motifs is 1. The van der Waals surface area contributed by atoms with Crippen molar-refractivity contribution in [2.45, 2.75) is 57.3 Å². The Morgan fingerprint density at radius 2 is 1.79 bits per heavy atom. The summed E-state index contributed by atoms with van der Waals surface area (Å²) in [6, 6.07) is 0. The van der Waals surface area contributed by atoms with E-state index < -0.39 is 30.4 Å². The minimum atomic E-state index is -1.01. The molecule has 1 unspecified atom stereocenters. The zero-order valence-corrected chi connectivity index (χ0v) is 8.51. The molecule has 5 atom stereocenters. The summed E-state index contributed by atoms with van der Waals surface area (Å²) in [6.45, 7) is 5.16. The molecule has 2 rings (SSSR count). The second-order valence-corrected chi connectivity index (χ2v) is 4.30. The lowest BCUT2D eigenvalue weighted by Crippen LogP contribution is -2.36. The maximum absolute atomic E-state index is 9.51. The molecule has 5 nitrogen and oxygen atoms in total. The van der Waals surface area contributed by atoms with Crippen LogP contribution >= 0.6 is 0 Å². The molecule has 14 heavy (non-hydrogen) atoms. The van der Waals surface area contributed by atoms with Crippen LogP contribution in [0.4, 0.5) is 0 Å². The van der Waals surface area contributed by atoms with Crippen molar-refractivity contribution in [1.82, 2.24) is 0 Å². The first-order chi connectivity index (χ1) is 6.41. The van der Waals surface area contributed by atoms with Crippen LogP contribution in [0.2, 0.25) is 0 Å². The molecule has 2 N–H and O–H groups in total. The van der Waals surface area contributed by atoms with Crippen LogP contribution in [0.1, 0.15) is 20.8 Å². The van der Waals surface area contributed by atoms with Crippen LogP contribution < -0.4 is 0 Å². The molecule has 0 spiro atoms. The van der Waals surface area contributed by atoms with Crippen LogP contribution in [0, 0.1) is 0 Å². The Hall–Kier alpha value is -0.200. The van der Waals surface area contributed by atoms with Crippen molar-refractivity contribution in [3.05, 3.63) is 0 Å². The number of rotatable bonds is 1. The topological polar surface area (TPSA) is 68.2 Å². The fourth-order valence-electron chi connectivity index (χ4n) is 2.00. The largest absolute Gasteiger partial charge is 0.391 e. The second-order valence-electron chi connectivity index (χ2n) is 4.30. The van der Waals surface area contributed by atoms with Crippen molar-refractivity contribution in [3.8, 4) is 0 Å². The third-order valence-electron chi connectivity index (χ3n) is 2.54. The lowest BCUT2D eigenvalue weighted by molar-refractivity contribution is -0.229. The molecule has 2 aliphatic heterocycles. The lowest BCUT2D eigenvalue weighted by atomic mass is 10.1. The average Bonchev–Trinajstić information content (AvgIpc) is 2.47. The number of hydrogen-bond acceptors (Lipinski definition) is 5. The number of aliphatic hydroxyl groups excluding tert-OH is 2. The predicted octanol–water partition coefficient (Wildman–Crippen LogP) is -0.396. The van der Waals surface area contributed by atoms with Crippen LogP contribution in [-0.2, 0) is 14.2 Å². The summed E-state index contributed by atoms with van der Waals surface area (Å²) >= 11 is 0. The highest BCUT2D eigenvalue weighted by Gasteiger charge is 2.55. The maximum atomic E-state index is 9.51. The first kappa shape index (κ1) is 10.3. The van der Waals surface area contributed by atoms with Gasteiger partial charge in [-0.25, -0.2) is 0 Å². The van der Waals surface area contributed by atoms with Crippen LogP contribution in [0.25, 0.3) is 0 Å². The predicted molar refractivity (Wildman–Crippen MR) is 46.4 cm³/mol. The van der Waals surface area contributed by atoms with Gasteiger partial charge in [0.15, 0.2) is 12.1 Å². The van der Waals surface area contributed by atoms with E-state index in [4.69, 9.17) is 14.2 Å². The van der Waals surface area contributed by atoms with Gasteiger partial charge in [-0.1, -0.05) is 0 Å². The summed E-state index contributed by atoms with van der Waals surface area (Å²) in [5.41, 5.74) is 0. The first-order valence-electron chi connectivity index (χ1n) is 4.78. The van der Waals surface area contributed by atoms with Gasteiger partial charge in [-0.2, -0.15) is 0 Å². The van der Waals surface area contributed by atoms with Gasteiger partial charge >= 0.3 is 0 Å². The molecular weight excluding hydrogens is 188 g/mol. The van der Waals surface area contributed by atoms with E-state index in [9.17, 15) is 10.2 Å². The minimum Gasteiger partial charge on any atom is -0.391 e.